The molecule has 3 rings (SSSR count). The van der Waals surface area contributed by atoms with E-state index in [0.29, 0.717) is 12.0 Å². The molecule has 2 aliphatic heterocycles. The second-order valence-electron chi connectivity index (χ2n) is 7.35. The molecule has 1 amide bonds. The number of carbonyl (C=O) groups excluding carboxylic acids is 1. The molecule has 0 N–H and O–H groups in total. The van der Waals surface area contributed by atoms with Crippen LogP contribution in [0.2, 0.25) is 0 Å². The number of amides is 1. The fourth-order valence-corrected chi connectivity index (χ4v) is 4.35. The summed E-state index contributed by atoms with van der Waals surface area (Å²) in [6.07, 6.45) is 7.89. The fraction of sp³-hybridized carbons (Fsp3) is 0.938. The fourth-order valence-electron chi connectivity index (χ4n) is 4.35. The predicted molar refractivity (Wildman–Crippen MR) is 78.6 cm³/mol. The third-order valence-electron chi connectivity index (χ3n) is 5.56. The number of carbonyl (C=O) groups is 1. The topological polar surface area (TPSA) is 32.8 Å². The van der Waals surface area contributed by atoms with Gasteiger partial charge >= 0.3 is 0 Å². The Morgan fingerprint density at radius 3 is 2.50 bits per heavy atom. The van der Waals surface area contributed by atoms with Crippen molar-refractivity contribution in [3.63, 3.8) is 0 Å². The molecule has 0 aromatic carbocycles. The Bertz CT molecular complexity index is 379. The van der Waals surface area contributed by atoms with Crippen molar-refractivity contribution in [2.75, 3.05) is 39.8 Å². The molecule has 1 aliphatic carbocycles. The molecule has 1 saturated carbocycles. The number of morpholine rings is 1. The summed E-state index contributed by atoms with van der Waals surface area (Å²) >= 11 is 0. The van der Waals surface area contributed by atoms with E-state index in [0.717, 1.165) is 26.2 Å². The minimum atomic E-state index is -0.632. The van der Waals surface area contributed by atoms with Gasteiger partial charge in [0.05, 0.1) is 6.61 Å². The first-order valence-corrected chi connectivity index (χ1v) is 8.15. The Labute approximate surface area is 122 Å². The number of hydrogen-bond donors (Lipinski definition) is 0. The van der Waals surface area contributed by atoms with Crippen molar-refractivity contribution >= 4 is 5.91 Å². The van der Waals surface area contributed by atoms with Gasteiger partial charge in [-0.1, -0.05) is 19.3 Å². The Hall–Kier alpha value is -0.610. The van der Waals surface area contributed by atoms with Gasteiger partial charge in [-0.3, -0.25) is 4.79 Å². The first-order valence-electron chi connectivity index (χ1n) is 8.15. The minimum absolute atomic E-state index is 0.214. The van der Waals surface area contributed by atoms with Gasteiger partial charge in [-0.25, -0.2) is 0 Å². The van der Waals surface area contributed by atoms with Crippen molar-refractivity contribution in [1.29, 1.82) is 0 Å². The predicted octanol–water partition coefficient (Wildman–Crippen LogP) is 1.89. The van der Waals surface area contributed by atoms with Gasteiger partial charge in [0.2, 0.25) is 0 Å². The van der Waals surface area contributed by atoms with E-state index < -0.39 is 5.60 Å². The highest BCUT2D eigenvalue weighted by Gasteiger charge is 2.46. The van der Waals surface area contributed by atoms with Crippen molar-refractivity contribution in [3.05, 3.63) is 0 Å². The highest BCUT2D eigenvalue weighted by molar-refractivity contribution is 5.85. The van der Waals surface area contributed by atoms with E-state index in [1.807, 2.05) is 6.92 Å². The quantitative estimate of drug-likeness (QED) is 0.735. The van der Waals surface area contributed by atoms with E-state index >= 15 is 0 Å². The maximum atomic E-state index is 12.9. The van der Waals surface area contributed by atoms with Gasteiger partial charge in [0.15, 0.2) is 5.60 Å². The molecule has 0 aromatic rings. The summed E-state index contributed by atoms with van der Waals surface area (Å²) in [6.45, 7) is 6.17. The lowest BCUT2D eigenvalue weighted by molar-refractivity contribution is -0.165. The molecular weight excluding hydrogens is 252 g/mol. The molecular formula is C16H28N2O2. The molecule has 2 heterocycles. The van der Waals surface area contributed by atoms with Gasteiger partial charge in [-0.15, -0.1) is 0 Å². The number of ether oxygens (including phenoxy) is 1. The highest BCUT2D eigenvalue weighted by Crippen LogP contribution is 2.44. The summed E-state index contributed by atoms with van der Waals surface area (Å²) in [7, 11) is 2.07. The summed E-state index contributed by atoms with van der Waals surface area (Å²) in [4.78, 5) is 17.2. The van der Waals surface area contributed by atoms with Crippen molar-refractivity contribution in [2.45, 2.75) is 51.0 Å². The first-order chi connectivity index (χ1) is 9.53. The first kappa shape index (κ1) is 14.3. The largest absolute Gasteiger partial charge is 0.363 e. The molecule has 1 unspecified atom stereocenters. The van der Waals surface area contributed by atoms with Gasteiger partial charge in [0, 0.05) is 26.2 Å². The maximum Gasteiger partial charge on any atom is 0.255 e. The van der Waals surface area contributed by atoms with E-state index in [4.69, 9.17) is 4.74 Å². The normalized spacial score (nSPS) is 34.6. The van der Waals surface area contributed by atoms with Gasteiger partial charge in [0.25, 0.3) is 5.91 Å². The molecule has 4 heteroatoms. The molecule has 1 atom stereocenters. The molecule has 3 fully saturated rings. The van der Waals surface area contributed by atoms with E-state index in [1.54, 1.807) is 0 Å². The van der Waals surface area contributed by atoms with Crippen LogP contribution in [0.25, 0.3) is 0 Å². The lowest BCUT2D eigenvalue weighted by atomic mass is 9.73. The zero-order valence-electron chi connectivity index (χ0n) is 13.0. The van der Waals surface area contributed by atoms with Gasteiger partial charge in [-0.05, 0) is 38.6 Å². The van der Waals surface area contributed by atoms with Crippen molar-refractivity contribution < 1.29 is 9.53 Å². The molecule has 20 heavy (non-hydrogen) atoms. The molecule has 1 spiro atoms. The summed E-state index contributed by atoms with van der Waals surface area (Å²) < 4.78 is 5.85. The standard InChI is InChI=1S/C16H28N2O2/c1-15(12-17(2)10-11-20-15)14(19)18-9-8-16(13-18)6-4-3-5-7-16/h3-13H2,1-2H3. The van der Waals surface area contributed by atoms with Gasteiger partial charge < -0.3 is 14.5 Å². The SMILES string of the molecule is CN1CCOC(C)(C(=O)N2CCC3(CCCCC3)C2)C1. The zero-order valence-corrected chi connectivity index (χ0v) is 13.0. The van der Waals surface area contributed by atoms with Crippen LogP contribution in [0.5, 0.6) is 0 Å². The van der Waals surface area contributed by atoms with E-state index in [2.05, 4.69) is 16.8 Å². The van der Waals surface area contributed by atoms with Crippen LogP contribution in [0.3, 0.4) is 0 Å². The van der Waals surface area contributed by atoms with Crippen LogP contribution in [-0.4, -0.2) is 61.1 Å². The summed E-state index contributed by atoms with van der Waals surface area (Å²) in [5.74, 6) is 0.214. The van der Waals surface area contributed by atoms with E-state index in [1.165, 1.54) is 38.5 Å². The van der Waals surface area contributed by atoms with Crippen molar-refractivity contribution in [1.82, 2.24) is 9.80 Å². The van der Waals surface area contributed by atoms with Gasteiger partial charge in [-0.2, -0.15) is 0 Å². The summed E-state index contributed by atoms with van der Waals surface area (Å²) in [6, 6.07) is 0. The molecule has 3 aliphatic rings. The number of nitrogens with zero attached hydrogens (tertiary/aromatic N) is 2. The average Bonchev–Trinajstić information content (AvgIpc) is 2.82. The Kier molecular flexibility index (Phi) is 3.80. The van der Waals surface area contributed by atoms with Crippen LogP contribution in [0.1, 0.15) is 45.4 Å². The van der Waals surface area contributed by atoms with E-state index in [-0.39, 0.29) is 5.91 Å². The molecule has 114 valence electrons. The van der Waals surface area contributed by atoms with Crippen LogP contribution in [0.4, 0.5) is 0 Å². The van der Waals surface area contributed by atoms with Crippen molar-refractivity contribution in [2.24, 2.45) is 5.41 Å². The Morgan fingerprint density at radius 2 is 1.80 bits per heavy atom. The van der Waals surface area contributed by atoms with Crippen LogP contribution in [0, 0.1) is 5.41 Å². The summed E-state index contributed by atoms with van der Waals surface area (Å²) in [5, 5.41) is 0. The maximum absolute atomic E-state index is 12.9. The summed E-state index contributed by atoms with van der Waals surface area (Å²) in [5.41, 5.74) is -0.196. The van der Waals surface area contributed by atoms with Crippen LogP contribution < -0.4 is 0 Å². The smallest absolute Gasteiger partial charge is 0.255 e. The number of likely N-dealkylation sites (N-methyl/N-ethyl adjacent to an activating group) is 1. The minimum Gasteiger partial charge on any atom is -0.363 e. The number of rotatable bonds is 1. The lowest BCUT2D eigenvalue weighted by Gasteiger charge is -2.40. The van der Waals surface area contributed by atoms with Crippen LogP contribution in [-0.2, 0) is 9.53 Å². The second-order valence-corrected chi connectivity index (χ2v) is 7.35. The van der Waals surface area contributed by atoms with Crippen molar-refractivity contribution in [3.8, 4) is 0 Å². The second kappa shape index (κ2) is 5.30. The molecule has 0 aromatic heterocycles. The van der Waals surface area contributed by atoms with Crippen LogP contribution >= 0.6 is 0 Å². The lowest BCUT2D eigenvalue weighted by Crippen LogP contribution is -2.58. The zero-order chi connectivity index (χ0) is 14.2. The average molecular weight is 280 g/mol. The van der Waals surface area contributed by atoms with E-state index in [9.17, 15) is 4.79 Å². The molecule has 4 nitrogen and oxygen atoms in total. The monoisotopic (exact) mass is 280 g/mol. The Morgan fingerprint density at radius 1 is 1.05 bits per heavy atom. The molecule has 0 radical (unpaired) electrons. The molecule has 2 saturated heterocycles. The third kappa shape index (κ3) is 2.60. The third-order valence-corrected chi connectivity index (χ3v) is 5.56. The number of likely N-dealkylation sites (tertiary alicyclic amines) is 1. The van der Waals surface area contributed by atoms with Gasteiger partial charge in [0.1, 0.15) is 0 Å². The molecule has 0 bridgehead atoms. The number of hydrogen-bond acceptors (Lipinski definition) is 3. The van der Waals surface area contributed by atoms with Crippen LogP contribution in [0.15, 0.2) is 0 Å². The Balaban J connectivity index is 1.66. The highest BCUT2D eigenvalue weighted by atomic mass is 16.5.